The van der Waals surface area contributed by atoms with Gasteiger partial charge in [-0.05, 0) is 78.2 Å². The SMILES string of the molecule is CC(C)(C)Cc1cc(-c2[c-]ccc3c2CCCC3)ncc1[Si](C)(C)C.Cc1ccc2c(n1)oc1c(-c3cc(CC(C)(C)C)c(C)cn3)[c-]ccc12.[Ir]. The minimum Gasteiger partial charge on any atom is -0.486 e. The van der Waals surface area contributed by atoms with Crippen LogP contribution in [0.2, 0.25) is 19.6 Å². The molecule has 4 nitrogen and oxygen atoms in total. The summed E-state index contributed by atoms with van der Waals surface area (Å²) in [5, 5.41) is 3.60. The Balaban J connectivity index is 0.000000197. The van der Waals surface area contributed by atoms with Crippen molar-refractivity contribution >= 4 is 35.3 Å². The molecule has 0 N–H and O–H groups in total. The van der Waals surface area contributed by atoms with Crippen molar-refractivity contribution < 1.29 is 24.5 Å². The van der Waals surface area contributed by atoms with Crippen LogP contribution in [-0.4, -0.2) is 23.0 Å². The first-order chi connectivity index (χ1) is 24.0. The summed E-state index contributed by atoms with van der Waals surface area (Å²) in [5.74, 6) is 0. The zero-order chi connectivity index (χ0) is 36.7. The normalized spacial score (nSPS) is 13.4. The fourth-order valence-corrected chi connectivity index (χ4v) is 8.91. The van der Waals surface area contributed by atoms with Crippen LogP contribution in [0.1, 0.15) is 87.9 Å². The first-order valence-corrected chi connectivity index (χ1v) is 22.2. The molecule has 0 unspecified atom stereocenters. The minimum absolute atomic E-state index is 0. The Kier molecular flexibility index (Phi) is 11.8. The van der Waals surface area contributed by atoms with Crippen molar-refractivity contribution in [1.82, 2.24) is 15.0 Å². The zero-order valence-corrected chi connectivity index (χ0v) is 36.5. The van der Waals surface area contributed by atoms with Crippen LogP contribution in [0.5, 0.6) is 0 Å². The second-order valence-corrected chi connectivity index (χ2v) is 23.1. The van der Waals surface area contributed by atoms with Crippen LogP contribution >= 0.6 is 0 Å². The summed E-state index contributed by atoms with van der Waals surface area (Å²) < 4.78 is 6.11. The molecule has 6 heteroatoms. The minimum atomic E-state index is -1.40. The van der Waals surface area contributed by atoms with E-state index < -0.39 is 8.07 Å². The molecule has 0 bridgehead atoms. The van der Waals surface area contributed by atoms with Gasteiger partial charge in [0, 0.05) is 43.6 Å². The van der Waals surface area contributed by atoms with Gasteiger partial charge in [-0.1, -0.05) is 115 Å². The van der Waals surface area contributed by atoms with Gasteiger partial charge in [-0.15, -0.1) is 53.1 Å². The van der Waals surface area contributed by atoms with Gasteiger partial charge in [-0.2, -0.15) is 0 Å². The molecule has 6 aromatic rings. The molecule has 4 heterocycles. The standard InChI is InChI=1S/C23H23N2O.C23H32NSi.Ir/c1-14-13-24-20(11-16(14)12-23(3,4)5)19-8-6-7-17-18-10-9-15(2)25-22(18)26-21(17)19;1-23(2,3)15-18-14-21(24-16-22(18)25(4,5)6)20-13-9-11-17-10-7-8-12-19(17)20;/h6-7,9-11,13H,12H2,1-5H3;9,11,14,16H,7-8,10,12,15H2,1-6H3;/q2*-1;. The molecule has 1 aliphatic carbocycles. The maximum atomic E-state index is 6.11. The molecule has 4 aromatic heterocycles. The number of nitrogens with zero attached hydrogens (tertiary/aromatic N) is 3. The number of furan rings is 1. The molecule has 0 saturated carbocycles. The maximum absolute atomic E-state index is 6.11. The first-order valence-electron chi connectivity index (χ1n) is 18.7. The Bertz CT molecular complexity index is 2200. The number of aryl methyl sites for hydroxylation is 3. The van der Waals surface area contributed by atoms with E-state index in [-0.39, 0.29) is 30.9 Å². The number of hydrogen-bond acceptors (Lipinski definition) is 4. The van der Waals surface area contributed by atoms with Crippen LogP contribution in [0.25, 0.3) is 44.6 Å². The van der Waals surface area contributed by atoms with Crippen molar-refractivity contribution in [2.24, 2.45) is 10.8 Å². The predicted molar refractivity (Wildman–Crippen MR) is 218 cm³/mol. The van der Waals surface area contributed by atoms with Crippen molar-refractivity contribution in [1.29, 1.82) is 0 Å². The topological polar surface area (TPSA) is 51.8 Å². The fraction of sp³-hybridized carbons (Fsp3) is 0.413. The second kappa shape index (κ2) is 15.5. The van der Waals surface area contributed by atoms with E-state index in [0.29, 0.717) is 5.71 Å². The average molecular weight is 886 g/mol. The van der Waals surface area contributed by atoms with E-state index >= 15 is 0 Å². The van der Waals surface area contributed by atoms with Crippen LogP contribution in [0.4, 0.5) is 0 Å². The number of fused-ring (bicyclic) bond motifs is 4. The number of benzene rings is 2. The Morgan fingerprint density at radius 2 is 1.35 bits per heavy atom. The molecule has 1 radical (unpaired) electrons. The Hall–Kier alpha value is -3.44. The van der Waals surface area contributed by atoms with Crippen LogP contribution in [0, 0.1) is 36.8 Å². The van der Waals surface area contributed by atoms with E-state index in [1.165, 1.54) is 64.3 Å². The molecular formula is C46H55IrN3OSi-2. The Morgan fingerprint density at radius 1 is 0.731 bits per heavy atom. The molecule has 275 valence electrons. The van der Waals surface area contributed by atoms with Crippen molar-refractivity contribution in [3.63, 3.8) is 0 Å². The van der Waals surface area contributed by atoms with Gasteiger partial charge in [0.25, 0.3) is 0 Å². The van der Waals surface area contributed by atoms with Crippen LogP contribution in [0.3, 0.4) is 0 Å². The van der Waals surface area contributed by atoms with Gasteiger partial charge in [0.05, 0.1) is 13.7 Å². The van der Waals surface area contributed by atoms with Gasteiger partial charge in [-0.25, -0.2) is 4.98 Å². The van der Waals surface area contributed by atoms with Crippen molar-refractivity contribution in [2.75, 3.05) is 0 Å². The smallest absolute Gasteiger partial charge is 0.216 e. The van der Waals surface area contributed by atoms with Crippen LogP contribution < -0.4 is 5.19 Å². The van der Waals surface area contributed by atoms with Crippen LogP contribution in [-0.2, 0) is 45.8 Å². The molecule has 1 aliphatic rings. The maximum Gasteiger partial charge on any atom is 0.216 e. The van der Waals surface area contributed by atoms with Crippen molar-refractivity contribution in [2.45, 2.75) is 114 Å². The van der Waals surface area contributed by atoms with E-state index in [0.717, 1.165) is 51.8 Å². The number of aromatic nitrogens is 3. The van der Waals surface area contributed by atoms with E-state index in [9.17, 15) is 0 Å². The van der Waals surface area contributed by atoms with Gasteiger partial charge in [0.1, 0.15) is 0 Å². The van der Waals surface area contributed by atoms with E-state index in [1.54, 1.807) is 0 Å². The molecule has 52 heavy (non-hydrogen) atoms. The quantitative estimate of drug-likeness (QED) is 0.128. The second-order valence-electron chi connectivity index (χ2n) is 18.0. The molecule has 2 aromatic carbocycles. The summed E-state index contributed by atoms with van der Waals surface area (Å²) >= 11 is 0. The summed E-state index contributed by atoms with van der Waals surface area (Å²) in [6.07, 6.45) is 11.2. The molecule has 0 spiro atoms. The van der Waals surface area contributed by atoms with Gasteiger partial charge in [0.2, 0.25) is 5.71 Å². The van der Waals surface area contributed by atoms with E-state index in [2.05, 4.69) is 127 Å². The number of hydrogen-bond donors (Lipinski definition) is 0. The average Bonchev–Trinajstić information content (AvgIpc) is 3.42. The molecule has 0 atom stereocenters. The third-order valence-electron chi connectivity index (χ3n) is 9.73. The monoisotopic (exact) mass is 886 g/mol. The molecular weight excluding hydrogens is 831 g/mol. The Morgan fingerprint density at radius 3 is 2.06 bits per heavy atom. The van der Waals surface area contributed by atoms with E-state index in [1.807, 2.05) is 31.3 Å². The third-order valence-corrected chi connectivity index (χ3v) is 11.8. The van der Waals surface area contributed by atoms with Gasteiger partial charge in [-0.3, -0.25) is 0 Å². The largest absolute Gasteiger partial charge is 0.486 e. The summed E-state index contributed by atoms with van der Waals surface area (Å²) in [6, 6.07) is 23.8. The predicted octanol–water partition coefficient (Wildman–Crippen LogP) is 11.6. The van der Waals surface area contributed by atoms with Crippen LogP contribution in [0.15, 0.2) is 65.3 Å². The molecule has 7 rings (SSSR count). The van der Waals surface area contributed by atoms with E-state index in [4.69, 9.17) is 9.40 Å². The summed E-state index contributed by atoms with van der Waals surface area (Å²) in [4.78, 5) is 14.1. The molecule has 0 aliphatic heterocycles. The summed E-state index contributed by atoms with van der Waals surface area (Å²) in [5.41, 5.74) is 14.1. The molecule has 0 saturated heterocycles. The third kappa shape index (κ3) is 9.19. The summed E-state index contributed by atoms with van der Waals surface area (Å²) in [6.45, 7) is 25.1. The van der Waals surface area contributed by atoms with Gasteiger partial charge in [0.15, 0.2) is 0 Å². The summed E-state index contributed by atoms with van der Waals surface area (Å²) in [7, 11) is -1.40. The number of rotatable bonds is 5. The Labute approximate surface area is 326 Å². The number of pyridine rings is 3. The van der Waals surface area contributed by atoms with Gasteiger partial charge < -0.3 is 14.4 Å². The molecule has 0 fully saturated rings. The van der Waals surface area contributed by atoms with Gasteiger partial charge >= 0.3 is 0 Å². The fourth-order valence-electron chi connectivity index (χ4n) is 7.33. The molecule has 0 amide bonds. The first kappa shape index (κ1) is 39.8. The van der Waals surface area contributed by atoms with Crippen molar-refractivity contribution in [3.05, 3.63) is 107 Å². The zero-order valence-electron chi connectivity index (χ0n) is 33.1. The van der Waals surface area contributed by atoms with Crippen molar-refractivity contribution in [3.8, 4) is 22.5 Å².